The zero-order valence-corrected chi connectivity index (χ0v) is 21.8. The summed E-state index contributed by atoms with van der Waals surface area (Å²) < 4.78 is 0. The molecule has 1 amide bonds. The summed E-state index contributed by atoms with van der Waals surface area (Å²) in [6.45, 7) is 2.06. The van der Waals surface area contributed by atoms with Gasteiger partial charge in [0.2, 0.25) is 5.91 Å². The van der Waals surface area contributed by atoms with E-state index in [1.165, 1.54) is 23.1 Å². The van der Waals surface area contributed by atoms with Gasteiger partial charge in [0.05, 0.1) is 12.6 Å². The van der Waals surface area contributed by atoms with Gasteiger partial charge in [0, 0.05) is 31.4 Å². The Kier molecular flexibility index (Phi) is 12.7. The summed E-state index contributed by atoms with van der Waals surface area (Å²) in [5.74, 6) is -0.481. The molecule has 0 bridgehead atoms. The molecule has 0 spiro atoms. The number of aromatic hydroxyl groups is 2. The lowest BCUT2D eigenvalue weighted by Gasteiger charge is -2.17. The fourth-order valence-corrected chi connectivity index (χ4v) is 4.79. The zero-order chi connectivity index (χ0) is 26.5. The lowest BCUT2D eigenvalue weighted by molar-refractivity contribution is -0.129. The van der Waals surface area contributed by atoms with E-state index in [0.29, 0.717) is 18.6 Å². The van der Waals surface area contributed by atoms with Gasteiger partial charge in [-0.3, -0.25) is 14.4 Å². The number of nitrogens with zero attached hydrogens (tertiary/aromatic N) is 1. The molecule has 0 saturated heterocycles. The average Bonchev–Trinajstić information content (AvgIpc) is 3.20. The number of phenolic OH excluding ortho intramolecular Hbond substituents is 2. The van der Waals surface area contributed by atoms with Gasteiger partial charge >= 0.3 is 0 Å². The van der Waals surface area contributed by atoms with E-state index < -0.39 is 6.10 Å². The molecule has 200 valence electrons. The topological polar surface area (TPSA) is 115 Å². The number of unbranched alkanes of at least 4 members (excludes halogenated alkanes) is 5. The van der Waals surface area contributed by atoms with E-state index in [-0.39, 0.29) is 47.1 Å². The summed E-state index contributed by atoms with van der Waals surface area (Å²) in [7, 11) is 1.58. The van der Waals surface area contributed by atoms with E-state index in [4.69, 9.17) is 0 Å². The van der Waals surface area contributed by atoms with Crippen LogP contribution in [-0.2, 0) is 9.59 Å². The van der Waals surface area contributed by atoms with Crippen molar-refractivity contribution in [2.75, 3.05) is 13.6 Å². The summed E-state index contributed by atoms with van der Waals surface area (Å²) in [6, 6.07) is 3.86. The SMILES string of the molecule is CCCCCC(O)C=CC1CCC(=O)C1CCCCCCC(=O)N(C)CC(=O)c1ccc(O)c(O)c1. The Morgan fingerprint density at radius 1 is 1.08 bits per heavy atom. The van der Waals surface area contributed by atoms with E-state index in [2.05, 4.69) is 13.0 Å². The maximum absolute atomic E-state index is 12.4. The second kappa shape index (κ2) is 15.4. The number of benzene rings is 1. The highest BCUT2D eigenvalue weighted by Crippen LogP contribution is 2.34. The lowest BCUT2D eigenvalue weighted by Crippen LogP contribution is -2.31. The van der Waals surface area contributed by atoms with Gasteiger partial charge in [-0.2, -0.15) is 0 Å². The summed E-state index contributed by atoms with van der Waals surface area (Å²) in [5.41, 5.74) is 0.241. The normalized spacial score (nSPS) is 18.6. The van der Waals surface area contributed by atoms with Crippen LogP contribution in [0.1, 0.15) is 94.3 Å². The monoisotopic (exact) mass is 501 g/mol. The van der Waals surface area contributed by atoms with Crippen molar-refractivity contribution in [3.05, 3.63) is 35.9 Å². The summed E-state index contributed by atoms with van der Waals surface area (Å²) in [6.07, 6.45) is 13.8. The molecule has 1 saturated carbocycles. The third-order valence-corrected chi connectivity index (χ3v) is 7.10. The number of Topliss-reactive ketones (excluding diaryl/α,β-unsaturated/α-hetero) is 2. The molecule has 7 heteroatoms. The van der Waals surface area contributed by atoms with E-state index in [1.807, 2.05) is 6.08 Å². The first-order valence-electron chi connectivity index (χ1n) is 13.4. The Morgan fingerprint density at radius 2 is 1.83 bits per heavy atom. The molecule has 0 aromatic heterocycles. The first-order valence-corrected chi connectivity index (χ1v) is 13.4. The van der Waals surface area contributed by atoms with Crippen LogP contribution < -0.4 is 0 Å². The van der Waals surface area contributed by atoms with Gasteiger partial charge in [-0.05, 0) is 49.8 Å². The van der Waals surface area contributed by atoms with Crippen LogP contribution in [0.2, 0.25) is 0 Å². The summed E-state index contributed by atoms with van der Waals surface area (Å²) in [4.78, 5) is 38.4. The van der Waals surface area contributed by atoms with Gasteiger partial charge in [0.25, 0.3) is 0 Å². The van der Waals surface area contributed by atoms with E-state index in [9.17, 15) is 29.7 Å². The summed E-state index contributed by atoms with van der Waals surface area (Å²) in [5, 5.41) is 29.0. The van der Waals surface area contributed by atoms with Crippen LogP contribution in [0, 0.1) is 11.8 Å². The highest BCUT2D eigenvalue weighted by molar-refractivity contribution is 5.99. The lowest BCUT2D eigenvalue weighted by atomic mass is 9.89. The predicted molar refractivity (Wildman–Crippen MR) is 140 cm³/mol. The second-order valence-corrected chi connectivity index (χ2v) is 10.1. The number of hydrogen-bond donors (Lipinski definition) is 3. The van der Waals surface area contributed by atoms with Crippen molar-refractivity contribution in [3.8, 4) is 11.5 Å². The van der Waals surface area contributed by atoms with E-state index in [0.717, 1.165) is 64.2 Å². The van der Waals surface area contributed by atoms with Crippen molar-refractivity contribution in [3.63, 3.8) is 0 Å². The summed E-state index contributed by atoms with van der Waals surface area (Å²) >= 11 is 0. The van der Waals surface area contributed by atoms with Crippen LogP contribution in [0.15, 0.2) is 30.4 Å². The number of aliphatic hydroxyl groups excluding tert-OH is 1. The van der Waals surface area contributed by atoms with Crippen molar-refractivity contribution in [2.45, 2.75) is 90.1 Å². The van der Waals surface area contributed by atoms with Gasteiger partial charge in [0.15, 0.2) is 17.3 Å². The molecule has 1 aliphatic rings. The van der Waals surface area contributed by atoms with Gasteiger partial charge in [-0.25, -0.2) is 0 Å². The van der Waals surface area contributed by atoms with Crippen molar-refractivity contribution >= 4 is 17.5 Å². The molecule has 0 heterocycles. The number of rotatable bonds is 16. The molecule has 3 N–H and O–H groups in total. The van der Waals surface area contributed by atoms with Gasteiger partial charge in [0.1, 0.15) is 5.78 Å². The van der Waals surface area contributed by atoms with Gasteiger partial charge in [-0.15, -0.1) is 0 Å². The van der Waals surface area contributed by atoms with Crippen molar-refractivity contribution in [2.24, 2.45) is 11.8 Å². The van der Waals surface area contributed by atoms with E-state index >= 15 is 0 Å². The smallest absolute Gasteiger partial charge is 0.222 e. The van der Waals surface area contributed by atoms with Crippen LogP contribution in [0.4, 0.5) is 0 Å². The highest BCUT2D eigenvalue weighted by Gasteiger charge is 2.32. The molecule has 36 heavy (non-hydrogen) atoms. The molecule has 1 aliphatic carbocycles. The predicted octanol–water partition coefficient (Wildman–Crippen LogP) is 5.17. The Morgan fingerprint density at radius 3 is 2.56 bits per heavy atom. The largest absolute Gasteiger partial charge is 0.504 e. The maximum atomic E-state index is 12.4. The standard InChI is InChI=1S/C29H43NO6/c1-3-4-7-10-23(31)16-13-21-14-17-25(32)24(21)11-8-5-6-9-12-29(36)30(2)20-28(35)22-15-18-26(33)27(34)19-22/h13,15-16,18-19,21,23-24,31,33-34H,3-12,14,17,20H2,1-2H3. The van der Waals surface area contributed by atoms with Crippen LogP contribution in [0.3, 0.4) is 0 Å². The quantitative estimate of drug-likeness (QED) is 0.125. The molecule has 1 fully saturated rings. The second-order valence-electron chi connectivity index (χ2n) is 10.1. The maximum Gasteiger partial charge on any atom is 0.222 e. The fraction of sp³-hybridized carbons (Fsp3) is 0.621. The highest BCUT2D eigenvalue weighted by atomic mass is 16.3. The fourth-order valence-electron chi connectivity index (χ4n) is 4.79. The van der Waals surface area contributed by atoms with Gasteiger partial charge < -0.3 is 20.2 Å². The Bertz CT molecular complexity index is 896. The number of aliphatic hydroxyl groups is 1. The molecule has 1 aromatic carbocycles. The number of amides is 1. The van der Waals surface area contributed by atoms with Crippen LogP contribution in [-0.4, -0.2) is 57.4 Å². The minimum atomic E-state index is -0.424. The molecule has 0 radical (unpaired) electrons. The van der Waals surface area contributed by atoms with Crippen LogP contribution >= 0.6 is 0 Å². The Hall–Kier alpha value is -2.67. The number of carbonyl (C=O) groups excluding carboxylic acids is 3. The molecule has 3 atom stereocenters. The minimum Gasteiger partial charge on any atom is -0.504 e. The molecule has 2 rings (SSSR count). The van der Waals surface area contributed by atoms with Crippen molar-refractivity contribution in [1.29, 1.82) is 0 Å². The molecular weight excluding hydrogens is 458 g/mol. The Balaban J connectivity index is 1.65. The average molecular weight is 502 g/mol. The van der Waals surface area contributed by atoms with Gasteiger partial charge in [-0.1, -0.05) is 57.6 Å². The molecule has 3 unspecified atom stereocenters. The number of likely N-dealkylation sites (N-methyl/N-ethyl adjacent to an activating group) is 1. The first kappa shape index (κ1) is 29.6. The minimum absolute atomic E-state index is 0.0437. The zero-order valence-electron chi connectivity index (χ0n) is 21.8. The van der Waals surface area contributed by atoms with Crippen molar-refractivity contribution in [1.82, 2.24) is 4.90 Å². The van der Waals surface area contributed by atoms with E-state index in [1.54, 1.807) is 7.05 Å². The van der Waals surface area contributed by atoms with Crippen LogP contribution in [0.25, 0.3) is 0 Å². The van der Waals surface area contributed by atoms with Crippen molar-refractivity contribution < 1.29 is 29.7 Å². The molecule has 1 aromatic rings. The van der Waals surface area contributed by atoms with Crippen LogP contribution in [0.5, 0.6) is 11.5 Å². The first-order chi connectivity index (χ1) is 17.2. The number of ketones is 2. The number of allylic oxidation sites excluding steroid dienone is 1. The molecular formula is C29H43NO6. The molecule has 0 aliphatic heterocycles. The number of phenols is 2. The number of carbonyl (C=O) groups is 3. The number of hydrogen-bond acceptors (Lipinski definition) is 6. The molecule has 7 nitrogen and oxygen atoms in total. The third kappa shape index (κ3) is 9.76. The third-order valence-electron chi connectivity index (χ3n) is 7.10. The Labute approximate surface area is 215 Å².